The van der Waals surface area contributed by atoms with Crippen molar-refractivity contribution in [3.8, 4) is 11.8 Å². The third-order valence-electron chi connectivity index (χ3n) is 11.1. The molecule has 1 aromatic heterocycles. The first-order valence-corrected chi connectivity index (χ1v) is 18.3. The molecule has 3 aliphatic heterocycles. The number of likely N-dealkylation sites (N-methyl/N-ethyl adjacent to an activating group) is 1. The summed E-state index contributed by atoms with van der Waals surface area (Å²) in [5, 5.41) is 17.5. The van der Waals surface area contributed by atoms with Crippen molar-refractivity contribution in [2.75, 3.05) is 18.0 Å². The summed E-state index contributed by atoms with van der Waals surface area (Å²) >= 11 is 0. The van der Waals surface area contributed by atoms with E-state index < -0.39 is 71.6 Å². The minimum Gasteiger partial charge on any atom is -0.399 e. The molecule has 3 amide bonds. The number of nitriles is 1. The molecule has 3 aromatic carbocycles. The predicted octanol–water partition coefficient (Wildman–Crippen LogP) is 5.75. The van der Waals surface area contributed by atoms with Crippen LogP contribution >= 0.6 is 0 Å². The van der Waals surface area contributed by atoms with Crippen LogP contribution in [0, 0.1) is 17.1 Å². The van der Waals surface area contributed by atoms with E-state index in [0.29, 0.717) is 35.6 Å². The van der Waals surface area contributed by atoms with Gasteiger partial charge in [-0.15, -0.1) is 0 Å². The molecule has 56 heavy (non-hydrogen) atoms. The SMILES string of the molecule is CCN1C(=O)[C@@H](NC(=O)c2cccc(C(F)(F)F)c2)[C@@H](c2ccc(F)cc2)c2c(C(=O)N3CCC[C@H]3C#N)nn(-c3cccc(B4OC(C)(C)C(C)(C)O4)c3)c21. The number of nitrogens with one attached hydrogen (secondary N) is 1. The topological polar surface area (TPSA) is 130 Å². The van der Waals surface area contributed by atoms with Crippen molar-refractivity contribution < 1.29 is 41.3 Å². The summed E-state index contributed by atoms with van der Waals surface area (Å²) in [6.45, 7) is 9.68. The number of amides is 3. The number of halogens is 4. The van der Waals surface area contributed by atoms with Gasteiger partial charge in [-0.3, -0.25) is 19.3 Å². The molecule has 16 heteroatoms. The van der Waals surface area contributed by atoms with Gasteiger partial charge in [-0.25, -0.2) is 9.07 Å². The van der Waals surface area contributed by atoms with Gasteiger partial charge < -0.3 is 19.5 Å². The molecule has 0 spiro atoms. The first kappa shape index (κ1) is 38.7. The highest BCUT2D eigenvalue weighted by Crippen LogP contribution is 2.45. The highest BCUT2D eigenvalue weighted by molar-refractivity contribution is 6.62. The molecule has 290 valence electrons. The first-order chi connectivity index (χ1) is 26.5. The normalized spacial score (nSPS) is 21.5. The lowest BCUT2D eigenvalue weighted by Gasteiger charge is -2.38. The Morgan fingerprint density at radius 3 is 2.34 bits per heavy atom. The molecule has 3 aliphatic rings. The average molecular weight is 771 g/mol. The number of anilines is 1. The van der Waals surface area contributed by atoms with Crippen LogP contribution in [0.4, 0.5) is 23.4 Å². The number of benzene rings is 3. The maximum Gasteiger partial charge on any atom is 0.494 e. The Bertz CT molecular complexity index is 2240. The van der Waals surface area contributed by atoms with Gasteiger partial charge in [-0.05, 0) is 101 Å². The summed E-state index contributed by atoms with van der Waals surface area (Å²) in [5.74, 6) is -3.78. The number of carbonyl (C=O) groups excluding carboxylic acids is 3. The van der Waals surface area contributed by atoms with E-state index in [2.05, 4.69) is 11.4 Å². The second kappa shape index (κ2) is 14.2. The van der Waals surface area contributed by atoms with Crippen LogP contribution < -0.4 is 15.7 Å². The number of alkyl halides is 3. The third kappa shape index (κ3) is 6.72. The summed E-state index contributed by atoms with van der Waals surface area (Å²) in [4.78, 5) is 45.9. The molecule has 11 nitrogen and oxygen atoms in total. The Labute approximate surface area is 321 Å². The van der Waals surface area contributed by atoms with Gasteiger partial charge >= 0.3 is 13.3 Å². The maximum atomic E-state index is 14.7. The molecular formula is C40H39BF4N6O5. The molecule has 2 saturated heterocycles. The van der Waals surface area contributed by atoms with Crippen LogP contribution in [0.2, 0.25) is 0 Å². The molecule has 3 atom stereocenters. The Morgan fingerprint density at radius 2 is 1.70 bits per heavy atom. The zero-order chi connectivity index (χ0) is 40.3. The highest BCUT2D eigenvalue weighted by Gasteiger charge is 2.52. The second-order valence-corrected chi connectivity index (χ2v) is 15.1. The fraction of sp³-hybridized carbons (Fsp3) is 0.375. The fourth-order valence-corrected chi connectivity index (χ4v) is 7.49. The largest absolute Gasteiger partial charge is 0.494 e. The molecule has 4 heterocycles. The second-order valence-electron chi connectivity index (χ2n) is 15.1. The van der Waals surface area contributed by atoms with Gasteiger partial charge in [-0.1, -0.05) is 30.3 Å². The summed E-state index contributed by atoms with van der Waals surface area (Å²) in [5.41, 5.74) is -1.20. The summed E-state index contributed by atoms with van der Waals surface area (Å²) in [6, 6.07) is 16.0. The zero-order valence-electron chi connectivity index (χ0n) is 31.4. The van der Waals surface area contributed by atoms with E-state index in [0.717, 1.165) is 12.1 Å². The van der Waals surface area contributed by atoms with Crippen molar-refractivity contribution >= 4 is 36.1 Å². The molecule has 0 saturated carbocycles. The molecule has 1 N–H and O–H groups in total. The van der Waals surface area contributed by atoms with Gasteiger partial charge in [0.1, 0.15) is 23.7 Å². The van der Waals surface area contributed by atoms with Gasteiger partial charge in [0, 0.05) is 30.1 Å². The van der Waals surface area contributed by atoms with Crippen LogP contribution in [0.25, 0.3) is 5.69 Å². The van der Waals surface area contributed by atoms with E-state index in [4.69, 9.17) is 14.4 Å². The number of hydrogen-bond acceptors (Lipinski definition) is 7. The van der Waals surface area contributed by atoms with Gasteiger partial charge in [0.05, 0.1) is 28.5 Å². The molecule has 4 aromatic rings. The number of fused-ring (bicyclic) bond motifs is 1. The monoisotopic (exact) mass is 770 g/mol. The highest BCUT2D eigenvalue weighted by atomic mass is 19.4. The number of carbonyl (C=O) groups is 3. The lowest BCUT2D eigenvalue weighted by Crippen LogP contribution is -2.55. The van der Waals surface area contributed by atoms with Crippen LogP contribution in [-0.2, 0) is 20.3 Å². The van der Waals surface area contributed by atoms with Gasteiger partial charge in [0.2, 0.25) is 0 Å². The molecule has 2 fully saturated rings. The fourth-order valence-electron chi connectivity index (χ4n) is 7.49. The molecule has 0 aliphatic carbocycles. The number of aromatic nitrogens is 2. The van der Waals surface area contributed by atoms with Crippen molar-refractivity contribution in [1.29, 1.82) is 5.26 Å². The predicted molar refractivity (Wildman–Crippen MR) is 198 cm³/mol. The number of rotatable bonds is 7. The van der Waals surface area contributed by atoms with Crippen LogP contribution in [0.15, 0.2) is 72.8 Å². The van der Waals surface area contributed by atoms with E-state index in [1.807, 2.05) is 33.8 Å². The van der Waals surface area contributed by atoms with E-state index in [-0.39, 0.29) is 35.7 Å². The molecular weight excluding hydrogens is 731 g/mol. The number of nitrogens with zero attached hydrogens (tertiary/aromatic N) is 5. The Balaban J connectivity index is 1.43. The van der Waals surface area contributed by atoms with Crippen molar-refractivity contribution in [3.05, 3.63) is 107 Å². The standard InChI is InChI=1S/C40H39BF4N6O5/c1-6-49-35-31(30(23-15-17-27(42)18-16-23)32(36(49)53)47-34(52)24-10-7-11-25(20-24)40(43,44)45)33(37(54)50-19-9-14-29(50)22-46)48-51(35)28-13-8-12-26(21-28)41-55-38(2,3)39(4,5)56-41/h7-8,10-13,15-18,20-21,29-30,32H,6,9,14,19H2,1-5H3,(H,47,52)/t29-,30-,32-/m0/s1. The van der Waals surface area contributed by atoms with E-state index >= 15 is 0 Å². The molecule has 7 rings (SSSR count). The number of hydrogen-bond donors (Lipinski definition) is 1. The summed E-state index contributed by atoms with van der Waals surface area (Å²) in [7, 11) is -0.764. The molecule has 0 bridgehead atoms. The smallest absolute Gasteiger partial charge is 0.399 e. The maximum absolute atomic E-state index is 14.7. The lowest BCUT2D eigenvalue weighted by molar-refractivity contribution is -0.137. The van der Waals surface area contributed by atoms with Crippen molar-refractivity contribution in [3.63, 3.8) is 0 Å². The van der Waals surface area contributed by atoms with Gasteiger partial charge in [0.15, 0.2) is 5.69 Å². The van der Waals surface area contributed by atoms with Crippen LogP contribution in [-0.4, -0.2) is 75.9 Å². The van der Waals surface area contributed by atoms with Crippen LogP contribution in [0.3, 0.4) is 0 Å². The van der Waals surface area contributed by atoms with E-state index in [9.17, 15) is 37.2 Å². The molecule has 0 unspecified atom stereocenters. The summed E-state index contributed by atoms with van der Waals surface area (Å²) < 4.78 is 69.4. The number of likely N-dealkylation sites (tertiary alicyclic amines) is 1. The van der Waals surface area contributed by atoms with E-state index in [1.165, 1.54) is 44.8 Å². The van der Waals surface area contributed by atoms with Gasteiger partial charge in [0.25, 0.3) is 17.7 Å². The Kier molecular flexibility index (Phi) is 9.82. The van der Waals surface area contributed by atoms with Crippen molar-refractivity contribution in [2.24, 2.45) is 0 Å². The van der Waals surface area contributed by atoms with Crippen LogP contribution in [0.1, 0.15) is 90.9 Å². The zero-order valence-corrected chi connectivity index (χ0v) is 31.4. The minimum atomic E-state index is -4.73. The van der Waals surface area contributed by atoms with Crippen LogP contribution in [0.5, 0.6) is 0 Å². The third-order valence-corrected chi connectivity index (χ3v) is 11.1. The summed E-state index contributed by atoms with van der Waals surface area (Å²) in [6.07, 6.45) is -3.72. The average Bonchev–Trinajstić information content (AvgIpc) is 3.86. The quantitative estimate of drug-likeness (QED) is 0.187. The first-order valence-electron chi connectivity index (χ1n) is 18.3. The lowest BCUT2D eigenvalue weighted by atomic mass is 9.79. The van der Waals surface area contributed by atoms with Gasteiger partial charge in [-0.2, -0.15) is 23.5 Å². The molecule has 0 radical (unpaired) electrons. The minimum absolute atomic E-state index is 0.0265. The Morgan fingerprint density at radius 1 is 1.02 bits per heavy atom. The Hall–Kier alpha value is -5.53. The van der Waals surface area contributed by atoms with Crippen molar-refractivity contribution in [1.82, 2.24) is 20.0 Å². The van der Waals surface area contributed by atoms with E-state index in [1.54, 1.807) is 25.1 Å². The van der Waals surface area contributed by atoms with Crippen molar-refractivity contribution in [2.45, 2.75) is 82.8 Å².